The zero-order valence-electron chi connectivity index (χ0n) is 14.5. The number of aromatic nitrogens is 2. The zero-order valence-corrected chi connectivity index (χ0v) is 14.5. The molecule has 3 heterocycles. The van der Waals surface area contributed by atoms with E-state index >= 15 is 0 Å². The van der Waals surface area contributed by atoms with Crippen molar-refractivity contribution in [3.63, 3.8) is 0 Å². The molecule has 25 heavy (non-hydrogen) atoms. The molecule has 2 atom stereocenters. The van der Waals surface area contributed by atoms with E-state index in [2.05, 4.69) is 17.2 Å². The van der Waals surface area contributed by atoms with Gasteiger partial charge >= 0.3 is 0 Å². The third kappa shape index (κ3) is 2.13. The SMILES string of the molecule is CCC[C@@H]1N(C(=O)c2nccn2C)CC[C@]12C(=O)Nc1ccccc12. The van der Waals surface area contributed by atoms with E-state index in [4.69, 9.17) is 0 Å². The Morgan fingerprint density at radius 1 is 1.40 bits per heavy atom. The van der Waals surface area contributed by atoms with Crippen LogP contribution in [0.4, 0.5) is 5.69 Å². The molecule has 0 aliphatic carbocycles. The Morgan fingerprint density at radius 3 is 2.92 bits per heavy atom. The molecule has 0 bridgehead atoms. The summed E-state index contributed by atoms with van der Waals surface area (Å²) in [6.07, 6.45) is 5.75. The van der Waals surface area contributed by atoms with Crippen LogP contribution < -0.4 is 5.32 Å². The summed E-state index contributed by atoms with van der Waals surface area (Å²) in [4.78, 5) is 32.1. The Labute approximate surface area is 146 Å². The van der Waals surface area contributed by atoms with Crippen molar-refractivity contribution in [1.29, 1.82) is 0 Å². The number of carbonyl (C=O) groups excluding carboxylic acids is 2. The molecule has 2 aliphatic rings. The molecule has 0 saturated carbocycles. The summed E-state index contributed by atoms with van der Waals surface area (Å²) in [5.74, 6) is 0.340. The van der Waals surface area contributed by atoms with Crippen LogP contribution in [0.15, 0.2) is 36.7 Å². The molecule has 1 spiro atoms. The minimum Gasteiger partial charge on any atom is -0.332 e. The van der Waals surface area contributed by atoms with Gasteiger partial charge in [-0.1, -0.05) is 31.5 Å². The van der Waals surface area contributed by atoms with Crippen LogP contribution in [-0.2, 0) is 17.3 Å². The van der Waals surface area contributed by atoms with Crippen LogP contribution in [0.5, 0.6) is 0 Å². The number of carbonyl (C=O) groups is 2. The lowest BCUT2D eigenvalue weighted by atomic mass is 9.73. The second kappa shape index (κ2) is 5.72. The normalized spacial score (nSPS) is 24.6. The molecule has 1 aromatic heterocycles. The number of rotatable bonds is 3. The van der Waals surface area contributed by atoms with Gasteiger partial charge in [-0.3, -0.25) is 9.59 Å². The number of para-hydroxylation sites is 1. The Hall–Kier alpha value is -2.63. The van der Waals surface area contributed by atoms with Crippen LogP contribution in [0.2, 0.25) is 0 Å². The van der Waals surface area contributed by atoms with Crippen LogP contribution >= 0.6 is 0 Å². The molecular weight excluding hydrogens is 316 g/mol. The van der Waals surface area contributed by atoms with Gasteiger partial charge in [0, 0.05) is 31.7 Å². The van der Waals surface area contributed by atoms with Crippen molar-refractivity contribution in [3.8, 4) is 0 Å². The highest BCUT2D eigenvalue weighted by molar-refractivity contribution is 6.08. The van der Waals surface area contributed by atoms with Gasteiger partial charge in [-0.05, 0) is 24.5 Å². The van der Waals surface area contributed by atoms with E-state index in [0.717, 1.165) is 24.1 Å². The molecule has 6 nitrogen and oxygen atoms in total. The number of amides is 2. The van der Waals surface area contributed by atoms with E-state index < -0.39 is 5.41 Å². The summed E-state index contributed by atoms with van der Waals surface area (Å²) in [6, 6.07) is 7.70. The van der Waals surface area contributed by atoms with Crippen molar-refractivity contribution in [2.24, 2.45) is 7.05 Å². The van der Waals surface area contributed by atoms with Crippen molar-refractivity contribution < 1.29 is 9.59 Å². The minimum atomic E-state index is -0.645. The maximum absolute atomic E-state index is 13.1. The number of anilines is 1. The third-order valence-electron chi connectivity index (χ3n) is 5.59. The zero-order chi connectivity index (χ0) is 17.6. The van der Waals surface area contributed by atoms with Crippen LogP contribution in [0.3, 0.4) is 0 Å². The molecule has 130 valence electrons. The summed E-state index contributed by atoms with van der Waals surface area (Å²) in [7, 11) is 1.82. The van der Waals surface area contributed by atoms with E-state index in [1.807, 2.05) is 36.2 Å². The van der Waals surface area contributed by atoms with Crippen molar-refractivity contribution >= 4 is 17.5 Å². The average Bonchev–Trinajstić information content (AvgIpc) is 3.27. The fraction of sp³-hybridized carbons (Fsp3) is 0.421. The van der Waals surface area contributed by atoms with Gasteiger partial charge in [-0.2, -0.15) is 0 Å². The molecule has 0 unspecified atom stereocenters. The van der Waals surface area contributed by atoms with Gasteiger partial charge in [0.2, 0.25) is 5.91 Å². The Balaban J connectivity index is 1.78. The first-order chi connectivity index (χ1) is 12.1. The van der Waals surface area contributed by atoms with Gasteiger partial charge in [-0.25, -0.2) is 4.98 Å². The first-order valence-electron chi connectivity index (χ1n) is 8.79. The number of imidazole rings is 1. The lowest BCUT2D eigenvalue weighted by molar-refractivity contribution is -0.121. The van der Waals surface area contributed by atoms with Gasteiger partial charge in [0.15, 0.2) is 5.82 Å². The molecule has 1 aromatic carbocycles. The molecular formula is C19H22N4O2. The second-order valence-electron chi connectivity index (χ2n) is 6.89. The highest BCUT2D eigenvalue weighted by Gasteiger charge is 2.58. The highest BCUT2D eigenvalue weighted by atomic mass is 16.2. The Bertz CT molecular complexity index is 843. The first kappa shape index (κ1) is 15.9. The number of likely N-dealkylation sites (tertiary alicyclic amines) is 1. The van der Waals surface area contributed by atoms with Crippen LogP contribution in [0.25, 0.3) is 0 Å². The number of hydrogen-bond donors (Lipinski definition) is 1. The summed E-state index contributed by atoms with van der Waals surface area (Å²) in [5.41, 5.74) is 1.25. The molecule has 2 aromatic rings. The van der Waals surface area contributed by atoms with E-state index in [0.29, 0.717) is 18.8 Å². The smallest absolute Gasteiger partial charge is 0.290 e. The average molecular weight is 338 g/mol. The van der Waals surface area contributed by atoms with Crippen LogP contribution in [0, 0.1) is 0 Å². The predicted molar refractivity (Wildman–Crippen MR) is 94.3 cm³/mol. The quantitative estimate of drug-likeness (QED) is 0.934. The number of hydrogen-bond acceptors (Lipinski definition) is 3. The maximum Gasteiger partial charge on any atom is 0.290 e. The van der Waals surface area contributed by atoms with E-state index in [1.165, 1.54) is 0 Å². The third-order valence-corrected chi connectivity index (χ3v) is 5.59. The van der Waals surface area contributed by atoms with Gasteiger partial charge in [-0.15, -0.1) is 0 Å². The van der Waals surface area contributed by atoms with Crippen LogP contribution in [0.1, 0.15) is 42.4 Å². The maximum atomic E-state index is 13.1. The molecule has 1 fully saturated rings. The van der Waals surface area contributed by atoms with Gasteiger partial charge in [0.25, 0.3) is 5.91 Å². The standard InChI is InChI=1S/C19H22N4O2/c1-3-6-15-19(13-7-4-5-8-14(13)21-18(19)25)9-11-23(15)17(24)16-20-10-12-22(16)2/h4-5,7-8,10,12,15H,3,6,9,11H2,1-2H3,(H,21,25)/t15-,19+/m0/s1. The lowest BCUT2D eigenvalue weighted by Crippen LogP contribution is -2.49. The van der Waals surface area contributed by atoms with Crippen LogP contribution in [-0.4, -0.2) is 38.9 Å². The van der Waals surface area contributed by atoms with Gasteiger partial charge in [0.1, 0.15) is 0 Å². The highest BCUT2D eigenvalue weighted by Crippen LogP contribution is 2.49. The molecule has 1 saturated heterocycles. The second-order valence-corrected chi connectivity index (χ2v) is 6.89. The number of benzene rings is 1. The van der Waals surface area contributed by atoms with Gasteiger partial charge < -0.3 is 14.8 Å². The van der Waals surface area contributed by atoms with E-state index in [9.17, 15) is 9.59 Å². The Kier molecular flexibility index (Phi) is 3.63. The number of aryl methyl sites for hydroxylation is 1. The fourth-order valence-electron chi connectivity index (χ4n) is 4.42. The van der Waals surface area contributed by atoms with Crippen molar-refractivity contribution in [2.45, 2.75) is 37.6 Å². The Morgan fingerprint density at radius 2 is 2.20 bits per heavy atom. The number of fused-ring (bicyclic) bond motifs is 2. The predicted octanol–water partition coefficient (Wildman–Crippen LogP) is 2.32. The summed E-state index contributed by atoms with van der Waals surface area (Å²) in [6.45, 7) is 2.66. The molecule has 6 heteroatoms. The van der Waals surface area contributed by atoms with Crippen molar-refractivity contribution in [2.75, 3.05) is 11.9 Å². The molecule has 0 radical (unpaired) electrons. The van der Waals surface area contributed by atoms with Gasteiger partial charge in [0.05, 0.1) is 11.5 Å². The molecule has 2 aliphatic heterocycles. The lowest BCUT2D eigenvalue weighted by Gasteiger charge is -2.33. The van der Waals surface area contributed by atoms with Crippen molar-refractivity contribution in [1.82, 2.24) is 14.5 Å². The monoisotopic (exact) mass is 338 g/mol. The van der Waals surface area contributed by atoms with Crippen molar-refractivity contribution in [3.05, 3.63) is 48.0 Å². The van der Waals surface area contributed by atoms with E-state index in [-0.39, 0.29) is 17.9 Å². The summed E-state index contributed by atoms with van der Waals surface area (Å²) < 4.78 is 1.74. The summed E-state index contributed by atoms with van der Waals surface area (Å²) in [5, 5.41) is 3.03. The fourth-order valence-corrected chi connectivity index (χ4v) is 4.42. The van der Waals surface area contributed by atoms with E-state index in [1.54, 1.807) is 17.0 Å². The molecule has 4 rings (SSSR count). The molecule has 1 N–H and O–H groups in total. The number of nitrogens with zero attached hydrogens (tertiary/aromatic N) is 3. The summed E-state index contributed by atoms with van der Waals surface area (Å²) >= 11 is 0. The minimum absolute atomic E-state index is 0.0160. The number of nitrogens with one attached hydrogen (secondary N) is 1. The first-order valence-corrected chi connectivity index (χ1v) is 8.79. The molecule has 2 amide bonds. The largest absolute Gasteiger partial charge is 0.332 e. The topological polar surface area (TPSA) is 67.2 Å².